The van der Waals surface area contributed by atoms with Gasteiger partial charge in [0.05, 0.1) is 6.20 Å². The Bertz CT molecular complexity index is 728. The van der Waals surface area contributed by atoms with Crippen molar-refractivity contribution in [1.29, 1.82) is 0 Å². The monoisotopic (exact) mass is 312 g/mol. The molecule has 1 saturated carbocycles. The molecular formula is C18H24N4O. The normalized spacial score (nSPS) is 24.4. The SMILES string of the molecule is CC1CCC(NC(=O)c2cnn3c4c(cnc23)CCCC4)CC1. The first-order valence-electron chi connectivity index (χ1n) is 8.87. The second-order valence-electron chi connectivity index (χ2n) is 7.16. The maximum Gasteiger partial charge on any atom is 0.256 e. The van der Waals surface area contributed by atoms with Crippen LogP contribution in [0.2, 0.25) is 0 Å². The fraction of sp³-hybridized carbons (Fsp3) is 0.611. The Morgan fingerprint density at radius 3 is 2.78 bits per heavy atom. The van der Waals surface area contributed by atoms with E-state index in [0.717, 1.165) is 31.6 Å². The van der Waals surface area contributed by atoms with E-state index in [9.17, 15) is 4.79 Å². The van der Waals surface area contributed by atoms with E-state index < -0.39 is 0 Å². The molecule has 23 heavy (non-hydrogen) atoms. The molecule has 0 radical (unpaired) electrons. The van der Waals surface area contributed by atoms with Gasteiger partial charge in [0.2, 0.25) is 0 Å². The van der Waals surface area contributed by atoms with Gasteiger partial charge in [0, 0.05) is 17.9 Å². The van der Waals surface area contributed by atoms with E-state index in [1.165, 1.54) is 36.9 Å². The molecule has 0 unspecified atom stereocenters. The van der Waals surface area contributed by atoms with Crippen molar-refractivity contribution >= 4 is 11.6 Å². The van der Waals surface area contributed by atoms with Gasteiger partial charge in [-0.1, -0.05) is 6.92 Å². The van der Waals surface area contributed by atoms with Gasteiger partial charge in [0.1, 0.15) is 5.56 Å². The van der Waals surface area contributed by atoms with E-state index >= 15 is 0 Å². The molecule has 0 aromatic carbocycles. The summed E-state index contributed by atoms with van der Waals surface area (Å²) in [5.74, 6) is 0.760. The molecular weight excluding hydrogens is 288 g/mol. The fourth-order valence-electron chi connectivity index (χ4n) is 3.92. The molecule has 2 aromatic rings. The third kappa shape index (κ3) is 2.73. The molecule has 4 rings (SSSR count). The van der Waals surface area contributed by atoms with Crippen molar-refractivity contribution in [3.8, 4) is 0 Å². The van der Waals surface area contributed by atoms with Gasteiger partial charge in [-0.2, -0.15) is 5.10 Å². The Kier molecular flexibility index (Phi) is 3.79. The average molecular weight is 312 g/mol. The van der Waals surface area contributed by atoms with Crippen LogP contribution < -0.4 is 5.32 Å². The van der Waals surface area contributed by atoms with Gasteiger partial charge in [-0.25, -0.2) is 9.50 Å². The summed E-state index contributed by atoms with van der Waals surface area (Å²) in [7, 11) is 0. The number of aryl methyl sites for hydroxylation is 2. The molecule has 1 N–H and O–H groups in total. The van der Waals surface area contributed by atoms with Crippen LogP contribution in [0, 0.1) is 5.92 Å². The van der Waals surface area contributed by atoms with Crippen molar-refractivity contribution < 1.29 is 4.79 Å². The third-order valence-corrected chi connectivity index (χ3v) is 5.42. The predicted molar refractivity (Wildman–Crippen MR) is 88.5 cm³/mol. The van der Waals surface area contributed by atoms with Crippen LogP contribution >= 0.6 is 0 Å². The molecule has 5 heteroatoms. The standard InChI is InChI=1S/C18H24N4O/c1-12-6-8-14(9-7-12)21-18(23)15-11-20-22-16-5-3-2-4-13(16)10-19-17(15)22/h10-12,14H,2-9H2,1H3,(H,21,23). The summed E-state index contributed by atoms with van der Waals surface area (Å²) in [5, 5.41) is 7.63. The summed E-state index contributed by atoms with van der Waals surface area (Å²) < 4.78 is 1.88. The van der Waals surface area contributed by atoms with Crippen molar-refractivity contribution in [3.05, 3.63) is 29.2 Å². The fourth-order valence-corrected chi connectivity index (χ4v) is 3.92. The molecule has 5 nitrogen and oxygen atoms in total. The van der Waals surface area contributed by atoms with Gasteiger partial charge in [-0.05, 0) is 62.8 Å². The van der Waals surface area contributed by atoms with Crippen LogP contribution in [0.5, 0.6) is 0 Å². The number of hydrogen-bond acceptors (Lipinski definition) is 3. The number of nitrogens with one attached hydrogen (secondary N) is 1. The zero-order valence-electron chi connectivity index (χ0n) is 13.7. The van der Waals surface area contributed by atoms with Crippen LogP contribution in [0.25, 0.3) is 5.65 Å². The van der Waals surface area contributed by atoms with Crippen molar-refractivity contribution in [2.75, 3.05) is 0 Å². The first-order chi connectivity index (χ1) is 11.2. The molecule has 0 atom stereocenters. The summed E-state index contributed by atoms with van der Waals surface area (Å²) in [6.45, 7) is 2.29. The summed E-state index contributed by atoms with van der Waals surface area (Å²) in [6, 6.07) is 0.297. The molecule has 0 bridgehead atoms. The van der Waals surface area contributed by atoms with Crippen molar-refractivity contribution in [3.63, 3.8) is 0 Å². The van der Waals surface area contributed by atoms with Gasteiger partial charge in [0.25, 0.3) is 5.91 Å². The lowest BCUT2D eigenvalue weighted by Crippen LogP contribution is -2.37. The molecule has 2 aromatic heterocycles. The number of hydrogen-bond donors (Lipinski definition) is 1. The highest BCUT2D eigenvalue weighted by atomic mass is 16.1. The molecule has 2 aliphatic rings. The number of fused-ring (bicyclic) bond motifs is 3. The Morgan fingerprint density at radius 2 is 1.96 bits per heavy atom. The summed E-state index contributed by atoms with van der Waals surface area (Å²) >= 11 is 0. The Labute approximate surface area is 136 Å². The van der Waals surface area contributed by atoms with Crippen LogP contribution in [-0.2, 0) is 12.8 Å². The van der Waals surface area contributed by atoms with Gasteiger partial charge >= 0.3 is 0 Å². The second kappa shape index (κ2) is 5.95. The van der Waals surface area contributed by atoms with Gasteiger partial charge in [0.15, 0.2) is 5.65 Å². The molecule has 0 spiro atoms. The number of rotatable bonds is 2. The average Bonchev–Trinajstić information content (AvgIpc) is 3.01. The van der Waals surface area contributed by atoms with Gasteiger partial charge in [-0.15, -0.1) is 0 Å². The molecule has 0 aliphatic heterocycles. The molecule has 0 saturated heterocycles. The lowest BCUT2D eigenvalue weighted by atomic mass is 9.87. The van der Waals surface area contributed by atoms with E-state index in [0.29, 0.717) is 17.3 Å². The molecule has 2 heterocycles. The zero-order chi connectivity index (χ0) is 15.8. The first kappa shape index (κ1) is 14.7. The van der Waals surface area contributed by atoms with Crippen molar-refractivity contribution in [1.82, 2.24) is 19.9 Å². The highest BCUT2D eigenvalue weighted by Gasteiger charge is 2.23. The zero-order valence-corrected chi connectivity index (χ0v) is 13.7. The molecule has 2 aliphatic carbocycles. The Balaban J connectivity index is 1.58. The number of amides is 1. The molecule has 1 fully saturated rings. The summed E-state index contributed by atoms with van der Waals surface area (Å²) in [6.07, 6.45) is 12.7. The van der Waals surface area contributed by atoms with E-state index in [1.54, 1.807) is 6.20 Å². The second-order valence-corrected chi connectivity index (χ2v) is 7.16. The van der Waals surface area contributed by atoms with Crippen molar-refractivity contribution in [2.24, 2.45) is 5.92 Å². The minimum atomic E-state index is -0.0252. The largest absolute Gasteiger partial charge is 0.349 e. The summed E-state index contributed by atoms with van der Waals surface area (Å²) in [5.41, 5.74) is 3.82. The smallest absolute Gasteiger partial charge is 0.256 e. The van der Waals surface area contributed by atoms with E-state index in [1.807, 2.05) is 10.7 Å². The number of nitrogens with zero attached hydrogens (tertiary/aromatic N) is 3. The van der Waals surface area contributed by atoms with Crippen LogP contribution in [0.4, 0.5) is 0 Å². The van der Waals surface area contributed by atoms with E-state index in [2.05, 4.69) is 22.3 Å². The van der Waals surface area contributed by atoms with Crippen LogP contribution in [0.1, 0.15) is 67.1 Å². The quantitative estimate of drug-likeness (QED) is 0.927. The Morgan fingerprint density at radius 1 is 1.17 bits per heavy atom. The maximum absolute atomic E-state index is 12.6. The van der Waals surface area contributed by atoms with Crippen LogP contribution in [0.3, 0.4) is 0 Å². The van der Waals surface area contributed by atoms with E-state index in [-0.39, 0.29) is 5.91 Å². The highest BCUT2D eigenvalue weighted by molar-refractivity contribution is 5.99. The minimum Gasteiger partial charge on any atom is -0.349 e. The molecule has 1 amide bonds. The third-order valence-electron chi connectivity index (χ3n) is 5.42. The topological polar surface area (TPSA) is 59.3 Å². The predicted octanol–water partition coefficient (Wildman–Crippen LogP) is 2.92. The van der Waals surface area contributed by atoms with Crippen LogP contribution in [0.15, 0.2) is 12.4 Å². The lowest BCUT2D eigenvalue weighted by molar-refractivity contribution is 0.0924. The summed E-state index contributed by atoms with van der Waals surface area (Å²) in [4.78, 5) is 17.2. The lowest BCUT2D eigenvalue weighted by Gasteiger charge is -2.26. The number of carbonyl (C=O) groups excluding carboxylic acids is 1. The number of aromatic nitrogens is 3. The Hall–Kier alpha value is -1.91. The van der Waals surface area contributed by atoms with Crippen molar-refractivity contribution in [2.45, 2.75) is 64.3 Å². The minimum absolute atomic E-state index is 0.0252. The molecule has 122 valence electrons. The van der Waals surface area contributed by atoms with Crippen LogP contribution in [-0.4, -0.2) is 26.5 Å². The van der Waals surface area contributed by atoms with Gasteiger partial charge in [-0.3, -0.25) is 4.79 Å². The maximum atomic E-state index is 12.6. The van der Waals surface area contributed by atoms with E-state index in [4.69, 9.17) is 0 Å². The van der Waals surface area contributed by atoms with Gasteiger partial charge < -0.3 is 5.32 Å². The first-order valence-corrected chi connectivity index (χ1v) is 8.87. The highest BCUT2D eigenvalue weighted by Crippen LogP contribution is 2.25. The number of carbonyl (C=O) groups is 1.